The molecule has 1 aromatic carbocycles. The summed E-state index contributed by atoms with van der Waals surface area (Å²) in [4.78, 5) is 25.5. The topological polar surface area (TPSA) is 83.6 Å². The third-order valence-electron chi connectivity index (χ3n) is 4.59. The molecule has 2 amide bonds. The number of aliphatic hydroxyl groups is 1. The lowest BCUT2D eigenvalue weighted by Crippen LogP contribution is -2.38. The first kappa shape index (κ1) is 14.1. The fraction of sp³-hybridized carbons (Fsp3) is 0.500. The molecule has 1 aliphatic carbocycles. The van der Waals surface area contributed by atoms with E-state index >= 15 is 0 Å². The highest BCUT2D eigenvalue weighted by molar-refractivity contribution is 5.95. The zero-order valence-corrected chi connectivity index (χ0v) is 11.9. The van der Waals surface area contributed by atoms with Gasteiger partial charge in [-0.3, -0.25) is 9.59 Å². The molecule has 1 saturated carbocycles. The Labute approximate surface area is 123 Å². The normalized spacial score (nSPS) is 25.1. The molecule has 1 saturated heterocycles. The molecule has 0 radical (unpaired) electrons. The van der Waals surface area contributed by atoms with Gasteiger partial charge in [0, 0.05) is 18.7 Å². The smallest absolute Gasteiger partial charge is 0.248 e. The monoisotopic (exact) mass is 288 g/mol. The van der Waals surface area contributed by atoms with Crippen LogP contribution in [0.15, 0.2) is 24.3 Å². The van der Waals surface area contributed by atoms with Crippen molar-refractivity contribution in [2.75, 3.05) is 13.1 Å². The van der Waals surface area contributed by atoms with Gasteiger partial charge in [-0.25, -0.2) is 0 Å². The molecule has 0 spiro atoms. The molecule has 1 aliphatic heterocycles. The lowest BCUT2D eigenvalue weighted by Gasteiger charge is -2.23. The molecule has 1 heterocycles. The van der Waals surface area contributed by atoms with Crippen molar-refractivity contribution in [2.24, 2.45) is 11.7 Å². The van der Waals surface area contributed by atoms with Gasteiger partial charge in [-0.05, 0) is 36.8 Å². The van der Waals surface area contributed by atoms with E-state index in [-0.39, 0.29) is 12.3 Å². The number of amides is 2. The average Bonchev–Trinajstić information content (AvgIpc) is 3.23. The van der Waals surface area contributed by atoms with Crippen LogP contribution in [0.1, 0.15) is 35.2 Å². The molecule has 1 unspecified atom stereocenters. The fourth-order valence-corrected chi connectivity index (χ4v) is 3.17. The lowest BCUT2D eigenvalue weighted by atomic mass is 9.97. The molecule has 21 heavy (non-hydrogen) atoms. The Balaban J connectivity index is 1.69. The second-order valence-electron chi connectivity index (χ2n) is 6.14. The summed E-state index contributed by atoms with van der Waals surface area (Å²) in [6.45, 7) is 1.000. The van der Waals surface area contributed by atoms with E-state index in [0.29, 0.717) is 36.6 Å². The molecular formula is C16H20N2O3. The number of nitrogens with zero attached hydrogens (tertiary/aromatic N) is 1. The van der Waals surface area contributed by atoms with Crippen LogP contribution in [-0.2, 0) is 11.2 Å². The van der Waals surface area contributed by atoms with Crippen LogP contribution >= 0.6 is 0 Å². The van der Waals surface area contributed by atoms with E-state index in [2.05, 4.69) is 0 Å². The van der Waals surface area contributed by atoms with Crippen molar-refractivity contribution >= 4 is 11.8 Å². The third kappa shape index (κ3) is 2.78. The molecule has 1 aromatic rings. The van der Waals surface area contributed by atoms with Crippen molar-refractivity contribution in [3.63, 3.8) is 0 Å². The number of primary amides is 1. The number of β-amino-alcohol motifs (C(OH)–C–C–N with tert-alkyl or cyclic N) is 1. The molecule has 5 heteroatoms. The first-order chi connectivity index (χ1) is 9.99. The van der Waals surface area contributed by atoms with Crippen LogP contribution in [-0.4, -0.2) is 40.5 Å². The summed E-state index contributed by atoms with van der Waals surface area (Å²) < 4.78 is 0. The van der Waals surface area contributed by atoms with Gasteiger partial charge in [-0.2, -0.15) is 0 Å². The Morgan fingerprint density at radius 3 is 2.71 bits per heavy atom. The largest absolute Gasteiger partial charge is 0.388 e. The van der Waals surface area contributed by atoms with Gasteiger partial charge in [-0.15, -0.1) is 0 Å². The van der Waals surface area contributed by atoms with Gasteiger partial charge in [0.15, 0.2) is 0 Å². The summed E-state index contributed by atoms with van der Waals surface area (Å²) in [7, 11) is 0. The van der Waals surface area contributed by atoms with E-state index in [4.69, 9.17) is 5.73 Å². The van der Waals surface area contributed by atoms with Crippen LogP contribution in [0.4, 0.5) is 0 Å². The molecule has 3 rings (SSSR count). The Hall–Kier alpha value is -1.88. The third-order valence-corrected chi connectivity index (χ3v) is 4.59. The van der Waals surface area contributed by atoms with E-state index < -0.39 is 11.5 Å². The van der Waals surface area contributed by atoms with E-state index in [1.165, 1.54) is 0 Å². The number of nitrogens with two attached hydrogens (primary N) is 1. The maximum atomic E-state index is 12.4. The number of rotatable bonds is 4. The standard InChI is InChI=1S/C16H20N2O3/c17-15(20)13-4-2-1-3-11(13)9-14(19)18-8-7-16(21,10-18)12-5-6-12/h1-4,12,21H,5-10H2,(H2,17,20). The zero-order valence-electron chi connectivity index (χ0n) is 11.9. The van der Waals surface area contributed by atoms with Crippen molar-refractivity contribution in [2.45, 2.75) is 31.3 Å². The van der Waals surface area contributed by atoms with E-state index in [0.717, 1.165) is 12.8 Å². The predicted molar refractivity (Wildman–Crippen MR) is 77.5 cm³/mol. The van der Waals surface area contributed by atoms with Crippen molar-refractivity contribution in [3.8, 4) is 0 Å². The first-order valence-corrected chi connectivity index (χ1v) is 7.37. The summed E-state index contributed by atoms with van der Waals surface area (Å²) in [5.74, 6) is -0.220. The number of hydrogen-bond acceptors (Lipinski definition) is 3. The van der Waals surface area contributed by atoms with Crippen LogP contribution in [0.25, 0.3) is 0 Å². The zero-order chi connectivity index (χ0) is 15.0. The molecule has 0 aromatic heterocycles. The molecular weight excluding hydrogens is 268 g/mol. The number of carbonyl (C=O) groups excluding carboxylic acids is 2. The second kappa shape index (κ2) is 5.15. The minimum atomic E-state index is -0.696. The number of benzene rings is 1. The summed E-state index contributed by atoms with van der Waals surface area (Å²) in [5, 5.41) is 10.5. The SMILES string of the molecule is NC(=O)c1ccccc1CC(=O)N1CCC(O)(C2CC2)C1. The molecule has 2 fully saturated rings. The van der Waals surface area contributed by atoms with Crippen LogP contribution in [0.5, 0.6) is 0 Å². The number of likely N-dealkylation sites (tertiary alicyclic amines) is 1. The Morgan fingerprint density at radius 2 is 2.05 bits per heavy atom. The summed E-state index contributed by atoms with van der Waals surface area (Å²) >= 11 is 0. The fourth-order valence-electron chi connectivity index (χ4n) is 3.17. The summed E-state index contributed by atoms with van der Waals surface area (Å²) in [6.07, 6.45) is 2.92. The Bertz CT molecular complexity index is 583. The van der Waals surface area contributed by atoms with Crippen LogP contribution in [0, 0.1) is 5.92 Å². The van der Waals surface area contributed by atoms with Crippen molar-refractivity contribution in [1.29, 1.82) is 0 Å². The number of hydrogen-bond donors (Lipinski definition) is 2. The number of carbonyl (C=O) groups is 2. The molecule has 1 atom stereocenters. The van der Waals surface area contributed by atoms with Gasteiger partial charge >= 0.3 is 0 Å². The highest BCUT2D eigenvalue weighted by Gasteiger charge is 2.48. The highest BCUT2D eigenvalue weighted by Crippen LogP contribution is 2.44. The first-order valence-electron chi connectivity index (χ1n) is 7.37. The molecule has 2 aliphatic rings. The lowest BCUT2D eigenvalue weighted by molar-refractivity contribution is -0.130. The molecule has 3 N–H and O–H groups in total. The highest BCUT2D eigenvalue weighted by atomic mass is 16.3. The summed E-state index contributed by atoms with van der Waals surface area (Å²) in [5.41, 5.74) is 5.68. The molecule has 5 nitrogen and oxygen atoms in total. The second-order valence-corrected chi connectivity index (χ2v) is 6.14. The van der Waals surface area contributed by atoms with Gasteiger partial charge in [0.25, 0.3) is 0 Å². The van der Waals surface area contributed by atoms with Crippen LogP contribution in [0.2, 0.25) is 0 Å². The van der Waals surface area contributed by atoms with Gasteiger partial charge < -0.3 is 15.7 Å². The maximum Gasteiger partial charge on any atom is 0.248 e. The van der Waals surface area contributed by atoms with Gasteiger partial charge in [0.2, 0.25) is 11.8 Å². The van der Waals surface area contributed by atoms with Crippen LogP contribution < -0.4 is 5.73 Å². The minimum Gasteiger partial charge on any atom is -0.388 e. The Kier molecular flexibility index (Phi) is 3.45. The molecule has 0 bridgehead atoms. The summed E-state index contributed by atoms with van der Waals surface area (Å²) in [6, 6.07) is 6.91. The van der Waals surface area contributed by atoms with E-state index in [1.54, 1.807) is 29.2 Å². The van der Waals surface area contributed by atoms with Gasteiger partial charge in [-0.1, -0.05) is 18.2 Å². The van der Waals surface area contributed by atoms with Crippen molar-refractivity contribution in [3.05, 3.63) is 35.4 Å². The Morgan fingerprint density at radius 1 is 1.33 bits per heavy atom. The van der Waals surface area contributed by atoms with Gasteiger partial charge in [0.05, 0.1) is 12.0 Å². The minimum absolute atomic E-state index is 0.0553. The van der Waals surface area contributed by atoms with E-state index in [1.807, 2.05) is 0 Å². The van der Waals surface area contributed by atoms with Gasteiger partial charge in [0.1, 0.15) is 0 Å². The van der Waals surface area contributed by atoms with E-state index in [9.17, 15) is 14.7 Å². The van der Waals surface area contributed by atoms with Crippen molar-refractivity contribution < 1.29 is 14.7 Å². The average molecular weight is 288 g/mol. The van der Waals surface area contributed by atoms with Crippen molar-refractivity contribution in [1.82, 2.24) is 4.90 Å². The quantitative estimate of drug-likeness (QED) is 0.855. The predicted octanol–water partition coefficient (Wildman–Crippen LogP) is 0.701. The van der Waals surface area contributed by atoms with Crippen LogP contribution in [0.3, 0.4) is 0 Å². The maximum absolute atomic E-state index is 12.4. The molecule has 112 valence electrons.